The third-order valence-corrected chi connectivity index (χ3v) is 5.85. The number of anilines is 1. The van der Waals surface area contributed by atoms with Crippen LogP contribution in [0.1, 0.15) is 19.9 Å². The molecule has 0 aliphatic carbocycles. The highest BCUT2D eigenvalue weighted by atomic mass is 32.2. The highest BCUT2D eigenvalue weighted by molar-refractivity contribution is 7.99. The molecule has 0 aliphatic rings. The fraction of sp³-hybridized carbons (Fsp3) is 0.160. The standard InChI is InChI=1S/C25H23N3O2S/c1-17(2)28-24(30)21-10-6-7-11-22(21)27-25(28)31-16-23(29)26-20-14-12-19(13-15-20)18-8-4-3-5-9-18/h3-15,17H,16H2,1-2H3,(H,26,29). The van der Waals surface area contributed by atoms with Crippen LogP contribution in [-0.4, -0.2) is 21.2 Å². The molecule has 0 unspecified atom stereocenters. The van der Waals surface area contributed by atoms with Crippen molar-refractivity contribution in [2.75, 3.05) is 11.1 Å². The second-order valence-electron chi connectivity index (χ2n) is 7.46. The molecule has 6 heteroatoms. The van der Waals surface area contributed by atoms with Crippen LogP contribution in [0.5, 0.6) is 0 Å². The Morgan fingerprint density at radius 3 is 2.29 bits per heavy atom. The van der Waals surface area contributed by atoms with Gasteiger partial charge in [0, 0.05) is 11.7 Å². The number of nitrogens with zero attached hydrogens (tertiary/aromatic N) is 2. The molecule has 0 radical (unpaired) electrons. The highest BCUT2D eigenvalue weighted by Gasteiger charge is 2.15. The molecule has 0 saturated carbocycles. The lowest BCUT2D eigenvalue weighted by molar-refractivity contribution is -0.113. The summed E-state index contributed by atoms with van der Waals surface area (Å²) in [7, 11) is 0. The van der Waals surface area contributed by atoms with Crippen molar-refractivity contribution in [1.29, 1.82) is 0 Å². The van der Waals surface area contributed by atoms with E-state index in [1.54, 1.807) is 10.6 Å². The number of para-hydroxylation sites is 1. The quantitative estimate of drug-likeness (QED) is 0.330. The maximum atomic E-state index is 12.9. The number of aromatic nitrogens is 2. The SMILES string of the molecule is CC(C)n1c(SCC(=O)Nc2ccc(-c3ccccc3)cc2)nc2ccccc2c1=O. The lowest BCUT2D eigenvalue weighted by Gasteiger charge is -2.16. The van der Waals surface area contributed by atoms with Crippen molar-refractivity contribution in [2.24, 2.45) is 0 Å². The van der Waals surface area contributed by atoms with E-state index in [-0.39, 0.29) is 23.3 Å². The first kappa shape index (κ1) is 20.9. The normalized spacial score (nSPS) is 11.1. The molecule has 1 N–H and O–H groups in total. The van der Waals surface area contributed by atoms with Crippen LogP contribution in [0, 0.1) is 0 Å². The summed E-state index contributed by atoms with van der Waals surface area (Å²) in [6.07, 6.45) is 0. The van der Waals surface area contributed by atoms with Gasteiger partial charge in [-0.25, -0.2) is 4.98 Å². The third-order valence-electron chi connectivity index (χ3n) is 4.90. The molecular formula is C25H23N3O2S. The number of nitrogens with one attached hydrogen (secondary N) is 1. The van der Waals surface area contributed by atoms with E-state index in [4.69, 9.17) is 0 Å². The summed E-state index contributed by atoms with van der Waals surface area (Å²) in [5.74, 6) is 0.0213. The van der Waals surface area contributed by atoms with E-state index in [0.29, 0.717) is 16.1 Å². The molecule has 4 rings (SSSR count). The minimum absolute atomic E-state index is 0.0549. The zero-order valence-electron chi connectivity index (χ0n) is 17.4. The minimum atomic E-state index is -0.143. The number of hydrogen-bond acceptors (Lipinski definition) is 4. The van der Waals surface area contributed by atoms with Crippen LogP contribution < -0.4 is 10.9 Å². The first-order valence-electron chi connectivity index (χ1n) is 10.1. The number of thioether (sulfide) groups is 1. The Morgan fingerprint density at radius 2 is 1.58 bits per heavy atom. The molecule has 0 aliphatic heterocycles. The lowest BCUT2D eigenvalue weighted by atomic mass is 10.1. The first-order chi connectivity index (χ1) is 15.0. The molecule has 156 valence electrons. The number of carbonyl (C=O) groups excluding carboxylic acids is 1. The molecule has 1 heterocycles. The average Bonchev–Trinajstić information content (AvgIpc) is 2.78. The minimum Gasteiger partial charge on any atom is -0.325 e. The van der Waals surface area contributed by atoms with E-state index in [1.165, 1.54) is 11.8 Å². The van der Waals surface area contributed by atoms with Crippen molar-refractivity contribution in [3.05, 3.63) is 89.2 Å². The number of fused-ring (bicyclic) bond motifs is 1. The number of carbonyl (C=O) groups is 1. The van der Waals surface area contributed by atoms with Crippen molar-refractivity contribution < 1.29 is 4.79 Å². The van der Waals surface area contributed by atoms with Gasteiger partial charge in [0.25, 0.3) is 5.56 Å². The largest absolute Gasteiger partial charge is 0.325 e. The van der Waals surface area contributed by atoms with Gasteiger partial charge in [0.15, 0.2) is 5.16 Å². The van der Waals surface area contributed by atoms with Gasteiger partial charge in [-0.1, -0.05) is 66.4 Å². The Labute approximate surface area is 185 Å². The number of benzene rings is 3. The lowest BCUT2D eigenvalue weighted by Crippen LogP contribution is -2.25. The summed E-state index contributed by atoms with van der Waals surface area (Å²) in [4.78, 5) is 30.0. The first-order valence-corrected chi connectivity index (χ1v) is 11.1. The van der Waals surface area contributed by atoms with Crippen LogP contribution in [0.2, 0.25) is 0 Å². The van der Waals surface area contributed by atoms with E-state index in [2.05, 4.69) is 22.4 Å². The molecule has 0 atom stereocenters. The van der Waals surface area contributed by atoms with Gasteiger partial charge in [-0.3, -0.25) is 14.2 Å². The van der Waals surface area contributed by atoms with E-state index < -0.39 is 0 Å². The maximum Gasteiger partial charge on any atom is 0.262 e. The second kappa shape index (κ2) is 9.18. The average molecular weight is 430 g/mol. The van der Waals surface area contributed by atoms with E-state index in [0.717, 1.165) is 16.8 Å². The second-order valence-corrected chi connectivity index (χ2v) is 8.40. The van der Waals surface area contributed by atoms with Crippen LogP contribution in [0.25, 0.3) is 22.0 Å². The summed E-state index contributed by atoms with van der Waals surface area (Å²) >= 11 is 1.27. The molecule has 5 nitrogen and oxygen atoms in total. The number of rotatable bonds is 6. The predicted molar refractivity (Wildman–Crippen MR) is 128 cm³/mol. The van der Waals surface area contributed by atoms with Gasteiger partial charge in [-0.05, 0) is 49.2 Å². The van der Waals surface area contributed by atoms with Crippen molar-refractivity contribution in [2.45, 2.75) is 25.0 Å². The van der Waals surface area contributed by atoms with E-state index >= 15 is 0 Å². The Balaban J connectivity index is 1.47. The molecular weight excluding hydrogens is 406 g/mol. The van der Waals surface area contributed by atoms with Gasteiger partial charge < -0.3 is 5.32 Å². The topological polar surface area (TPSA) is 64.0 Å². The summed E-state index contributed by atoms with van der Waals surface area (Å²) < 4.78 is 1.65. The molecule has 0 bridgehead atoms. The molecule has 31 heavy (non-hydrogen) atoms. The van der Waals surface area contributed by atoms with Crippen molar-refractivity contribution in [3.63, 3.8) is 0 Å². The molecule has 0 saturated heterocycles. The number of hydrogen-bond donors (Lipinski definition) is 1. The van der Waals surface area contributed by atoms with Gasteiger partial charge >= 0.3 is 0 Å². The zero-order chi connectivity index (χ0) is 21.8. The maximum absolute atomic E-state index is 12.9. The van der Waals surface area contributed by atoms with Crippen molar-refractivity contribution in [1.82, 2.24) is 9.55 Å². The van der Waals surface area contributed by atoms with Gasteiger partial charge in [0.05, 0.1) is 16.7 Å². The Bertz CT molecular complexity index is 1270. The van der Waals surface area contributed by atoms with Gasteiger partial charge in [-0.2, -0.15) is 0 Å². The summed E-state index contributed by atoms with van der Waals surface area (Å²) in [6, 6.07) is 25.1. The van der Waals surface area contributed by atoms with Crippen LogP contribution in [0.4, 0.5) is 5.69 Å². The van der Waals surface area contributed by atoms with Gasteiger partial charge in [0.1, 0.15) is 0 Å². The summed E-state index contributed by atoms with van der Waals surface area (Å²) in [5.41, 5.74) is 3.51. The molecule has 4 aromatic rings. The van der Waals surface area contributed by atoms with Gasteiger partial charge in [0.2, 0.25) is 5.91 Å². The smallest absolute Gasteiger partial charge is 0.262 e. The highest BCUT2D eigenvalue weighted by Crippen LogP contribution is 2.23. The van der Waals surface area contributed by atoms with Gasteiger partial charge in [-0.15, -0.1) is 0 Å². The third kappa shape index (κ3) is 4.70. The van der Waals surface area contributed by atoms with Crippen molar-refractivity contribution in [3.8, 4) is 11.1 Å². The molecule has 0 fully saturated rings. The monoisotopic (exact) mass is 429 g/mol. The molecule has 1 aromatic heterocycles. The molecule has 3 aromatic carbocycles. The summed E-state index contributed by atoms with van der Waals surface area (Å²) in [6.45, 7) is 3.88. The molecule has 0 spiro atoms. The predicted octanol–water partition coefficient (Wildman–Crippen LogP) is 5.38. The van der Waals surface area contributed by atoms with Crippen LogP contribution in [0.3, 0.4) is 0 Å². The van der Waals surface area contributed by atoms with Crippen LogP contribution in [0.15, 0.2) is 88.8 Å². The fourth-order valence-electron chi connectivity index (χ4n) is 3.39. The Morgan fingerprint density at radius 1 is 0.935 bits per heavy atom. The fourth-order valence-corrected chi connectivity index (χ4v) is 4.31. The summed E-state index contributed by atoms with van der Waals surface area (Å²) in [5, 5.41) is 4.05. The van der Waals surface area contributed by atoms with E-state index in [1.807, 2.05) is 74.5 Å². The van der Waals surface area contributed by atoms with Crippen LogP contribution >= 0.6 is 11.8 Å². The Kier molecular flexibility index (Phi) is 6.18. The zero-order valence-corrected chi connectivity index (χ0v) is 18.2. The van der Waals surface area contributed by atoms with E-state index in [9.17, 15) is 9.59 Å². The Hall–Kier alpha value is -3.38. The number of amides is 1. The van der Waals surface area contributed by atoms with Crippen LogP contribution in [-0.2, 0) is 4.79 Å². The molecule has 1 amide bonds. The van der Waals surface area contributed by atoms with Crippen molar-refractivity contribution >= 4 is 34.3 Å².